The topological polar surface area (TPSA) is 46.9 Å². The molecule has 3 aromatic rings. The summed E-state index contributed by atoms with van der Waals surface area (Å²) in [7, 11) is 0. The van der Waals surface area contributed by atoms with Crippen LogP contribution >= 0.6 is 0 Å². The molecule has 4 nitrogen and oxygen atoms in total. The van der Waals surface area contributed by atoms with Crippen LogP contribution in [0.5, 0.6) is 0 Å². The second kappa shape index (κ2) is 7.73. The average Bonchev–Trinajstić information content (AvgIpc) is 3.06. The summed E-state index contributed by atoms with van der Waals surface area (Å²) in [5, 5.41) is 3.21. The summed E-state index contributed by atoms with van der Waals surface area (Å²) in [5.74, 6) is 1.08. The van der Waals surface area contributed by atoms with Crippen molar-refractivity contribution in [2.45, 2.75) is 51.0 Å². The number of para-hydroxylation sites is 3. The molecule has 2 aromatic carbocycles. The van der Waals surface area contributed by atoms with Crippen molar-refractivity contribution in [1.82, 2.24) is 14.9 Å². The SMILES string of the molecule is O=C(CCc1nc2ccccc2n1-c1ccccc1)NC1CCCCC1. The van der Waals surface area contributed by atoms with Crippen molar-refractivity contribution in [2.24, 2.45) is 0 Å². The van der Waals surface area contributed by atoms with Crippen molar-refractivity contribution in [3.05, 3.63) is 60.4 Å². The maximum atomic E-state index is 12.4. The molecule has 0 atom stereocenters. The molecule has 1 amide bonds. The van der Waals surface area contributed by atoms with Crippen molar-refractivity contribution in [1.29, 1.82) is 0 Å². The summed E-state index contributed by atoms with van der Waals surface area (Å²) in [6, 6.07) is 18.8. The van der Waals surface area contributed by atoms with Gasteiger partial charge in [0.05, 0.1) is 11.0 Å². The summed E-state index contributed by atoms with van der Waals surface area (Å²) >= 11 is 0. The fourth-order valence-electron chi connectivity index (χ4n) is 3.88. The van der Waals surface area contributed by atoms with Gasteiger partial charge in [0.2, 0.25) is 5.91 Å². The smallest absolute Gasteiger partial charge is 0.220 e. The predicted octanol–water partition coefficient (Wildman–Crippen LogP) is 4.41. The van der Waals surface area contributed by atoms with Crippen molar-refractivity contribution >= 4 is 16.9 Å². The number of carbonyl (C=O) groups is 1. The fraction of sp³-hybridized carbons (Fsp3) is 0.364. The zero-order valence-electron chi connectivity index (χ0n) is 15.0. The highest BCUT2D eigenvalue weighted by molar-refractivity contribution is 5.79. The van der Waals surface area contributed by atoms with E-state index < -0.39 is 0 Å². The van der Waals surface area contributed by atoms with Gasteiger partial charge in [-0.15, -0.1) is 0 Å². The Morgan fingerprint density at radius 3 is 2.54 bits per heavy atom. The molecule has 4 heteroatoms. The van der Waals surface area contributed by atoms with Gasteiger partial charge in [-0.3, -0.25) is 9.36 Å². The van der Waals surface area contributed by atoms with Crippen LogP contribution in [0.25, 0.3) is 16.7 Å². The van der Waals surface area contributed by atoms with Crippen LogP contribution < -0.4 is 5.32 Å². The summed E-state index contributed by atoms with van der Waals surface area (Å²) < 4.78 is 2.17. The van der Waals surface area contributed by atoms with Gasteiger partial charge in [-0.25, -0.2) is 4.98 Å². The Kier molecular flexibility index (Phi) is 5.00. The Labute approximate surface area is 154 Å². The van der Waals surface area contributed by atoms with Crippen molar-refractivity contribution in [3.8, 4) is 5.69 Å². The van der Waals surface area contributed by atoms with Gasteiger partial charge in [0.1, 0.15) is 5.82 Å². The Morgan fingerprint density at radius 1 is 1.00 bits per heavy atom. The first-order chi connectivity index (χ1) is 12.8. The molecule has 0 aliphatic heterocycles. The molecule has 1 heterocycles. The van der Waals surface area contributed by atoms with Crippen LogP contribution in [0.1, 0.15) is 44.3 Å². The molecular weight excluding hydrogens is 322 g/mol. The van der Waals surface area contributed by atoms with Crippen LogP contribution in [-0.2, 0) is 11.2 Å². The number of aryl methyl sites for hydroxylation is 1. The number of benzene rings is 2. The van der Waals surface area contributed by atoms with E-state index in [2.05, 4.69) is 28.1 Å². The molecule has 0 saturated heterocycles. The van der Waals surface area contributed by atoms with Crippen LogP contribution in [-0.4, -0.2) is 21.5 Å². The number of hydrogen-bond donors (Lipinski definition) is 1. The van der Waals surface area contributed by atoms with Gasteiger partial charge in [0, 0.05) is 24.6 Å². The van der Waals surface area contributed by atoms with Crippen LogP contribution in [0.2, 0.25) is 0 Å². The Bertz CT molecular complexity index is 879. The summed E-state index contributed by atoms with van der Waals surface area (Å²) in [6.07, 6.45) is 7.12. The molecule has 1 saturated carbocycles. The molecule has 1 aromatic heterocycles. The lowest BCUT2D eigenvalue weighted by atomic mass is 9.95. The number of aromatic nitrogens is 2. The molecule has 0 bridgehead atoms. The second-order valence-electron chi connectivity index (χ2n) is 7.09. The van der Waals surface area contributed by atoms with E-state index in [0.29, 0.717) is 18.9 Å². The maximum absolute atomic E-state index is 12.4. The standard InChI is InChI=1S/C22H25N3O/c26-22(23-17-9-3-1-4-10-17)16-15-21-24-19-13-7-8-14-20(19)25(21)18-11-5-2-6-12-18/h2,5-8,11-14,17H,1,3-4,9-10,15-16H2,(H,23,26). The third kappa shape index (κ3) is 3.64. The fourth-order valence-corrected chi connectivity index (χ4v) is 3.88. The van der Waals surface area contributed by atoms with Crippen LogP contribution in [0.4, 0.5) is 0 Å². The van der Waals surface area contributed by atoms with E-state index in [1.807, 2.05) is 36.4 Å². The molecule has 0 unspecified atom stereocenters. The first-order valence-corrected chi connectivity index (χ1v) is 9.62. The molecule has 0 spiro atoms. The first kappa shape index (κ1) is 16.8. The summed E-state index contributed by atoms with van der Waals surface area (Å²) in [6.45, 7) is 0. The minimum atomic E-state index is 0.142. The monoisotopic (exact) mass is 347 g/mol. The van der Waals surface area contributed by atoms with Gasteiger partial charge < -0.3 is 5.32 Å². The molecule has 0 radical (unpaired) electrons. The first-order valence-electron chi connectivity index (χ1n) is 9.62. The molecule has 1 N–H and O–H groups in total. The molecule has 1 fully saturated rings. The highest BCUT2D eigenvalue weighted by Crippen LogP contribution is 2.22. The lowest BCUT2D eigenvalue weighted by Crippen LogP contribution is -2.36. The highest BCUT2D eigenvalue weighted by Gasteiger charge is 2.17. The maximum Gasteiger partial charge on any atom is 0.220 e. The minimum absolute atomic E-state index is 0.142. The highest BCUT2D eigenvalue weighted by atomic mass is 16.1. The van der Waals surface area contributed by atoms with Gasteiger partial charge in [0.15, 0.2) is 0 Å². The third-order valence-electron chi connectivity index (χ3n) is 5.19. The number of amides is 1. The van der Waals surface area contributed by atoms with Crippen molar-refractivity contribution in [3.63, 3.8) is 0 Å². The molecule has 1 aliphatic rings. The largest absolute Gasteiger partial charge is 0.353 e. The van der Waals surface area contributed by atoms with Crippen molar-refractivity contribution < 1.29 is 4.79 Å². The van der Waals surface area contributed by atoms with Gasteiger partial charge in [0.25, 0.3) is 0 Å². The number of rotatable bonds is 5. The van der Waals surface area contributed by atoms with Gasteiger partial charge in [-0.2, -0.15) is 0 Å². The number of fused-ring (bicyclic) bond motifs is 1. The Balaban J connectivity index is 1.53. The normalized spacial score (nSPS) is 15.2. The van der Waals surface area contributed by atoms with E-state index in [9.17, 15) is 4.79 Å². The van der Waals surface area contributed by atoms with Crippen LogP contribution in [0.15, 0.2) is 54.6 Å². The van der Waals surface area contributed by atoms with Gasteiger partial charge in [-0.1, -0.05) is 49.6 Å². The lowest BCUT2D eigenvalue weighted by Gasteiger charge is -2.22. The van der Waals surface area contributed by atoms with Gasteiger partial charge in [-0.05, 0) is 37.1 Å². The van der Waals surface area contributed by atoms with Gasteiger partial charge >= 0.3 is 0 Å². The van der Waals surface area contributed by atoms with E-state index in [-0.39, 0.29) is 5.91 Å². The average molecular weight is 347 g/mol. The Morgan fingerprint density at radius 2 is 1.73 bits per heavy atom. The number of nitrogens with zero attached hydrogens (tertiary/aromatic N) is 2. The van der Waals surface area contributed by atoms with E-state index in [4.69, 9.17) is 4.98 Å². The third-order valence-corrected chi connectivity index (χ3v) is 5.19. The molecule has 1 aliphatic carbocycles. The number of imidazole rings is 1. The van der Waals surface area contributed by atoms with E-state index in [1.165, 1.54) is 19.3 Å². The number of nitrogens with one attached hydrogen (secondary N) is 1. The van der Waals surface area contributed by atoms with E-state index in [0.717, 1.165) is 35.4 Å². The zero-order chi connectivity index (χ0) is 17.8. The number of carbonyl (C=O) groups excluding carboxylic acids is 1. The Hall–Kier alpha value is -2.62. The molecule has 134 valence electrons. The van der Waals surface area contributed by atoms with E-state index >= 15 is 0 Å². The second-order valence-corrected chi connectivity index (χ2v) is 7.09. The quantitative estimate of drug-likeness (QED) is 0.743. The predicted molar refractivity (Wildman–Crippen MR) is 104 cm³/mol. The zero-order valence-corrected chi connectivity index (χ0v) is 15.0. The van der Waals surface area contributed by atoms with E-state index in [1.54, 1.807) is 0 Å². The summed E-state index contributed by atoms with van der Waals surface area (Å²) in [4.78, 5) is 17.2. The lowest BCUT2D eigenvalue weighted by molar-refractivity contribution is -0.122. The molecular formula is C22H25N3O. The van der Waals surface area contributed by atoms with Crippen molar-refractivity contribution in [2.75, 3.05) is 0 Å². The van der Waals surface area contributed by atoms with Crippen LogP contribution in [0, 0.1) is 0 Å². The number of hydrogen-bond acceptors (Lipinski definition) is 2. The minimum Gasteiger partial charge on any atom is -0.353 e. The van der Waals surface area contributed by atoms with Crippen LogP contribution in [0.3, 0.4) is 0 Å². The molecule has 4 rings (SSSR count). The molecule has 26 heavy (non-hydrogen) atoms. The summed E-state index contributed by atoms with van der Waals surface area (Å²) in [5.41, 5.74) is 3.14.